The molecule has 0 atom stereocenters. The van der Waals surface area contributed by atoms with E-state index in [2.05, 4.69) is 37.8 Å². The van der Waals surface area contributed by atoms with Crippen LogP contribution in [0, 0.1) is 0 Å². The van der Waals surface area contributed by atoms with Gasteiger partial charge in [-0.05, 0) is 48.4 Å². The van der Waals surface area contributed by atoms with Crippen LogP contribution in [0.4, 0.5) is 0 Å². The molecule has 0 bridgehead atoms. The highest BCUT2D eigenvalue weighted by atomic mass is 16.5. The van der Waals surface area contributed by atoms with E-state index in [1.54, 1.807) is 0 Å². The van der Waals surface area contributed by atoms with E-state index in [-0.39, 0.29) is 5.91 Å². The van der Waals surface area contributed by atoms with Crippen LogP contribution >= 0.6 is 0 Å². The molecule has 4 heteroatoms. The van der Waals surface area contributed by atoms with Crippen molar-refractivity contribution in [3.63, 3.8) is 0 Å². The second-order valence-electron chi connectivity index (χ2n) is 7.59. The molecule has 0 unspecified atom stereocenters. The zero-order valence-electron chi connectivity index (χ0n) is 16.0. The Morgan fingerprint density at radius 3 is 2.44 bits per heavy atom. The van der Waals surface area contributed by atoms with Crippen LogP contribution in [0.25, 0.3) is 0 Å². The minimum atomic E-state index is 0.199. The number of likely N-dealkylation sites (tertiary alicyclic amines) is 1. The summed E-state index contributed by atoms with van der Waals surface area (Å²) in [7, 11) is 0. The van der Waals surface area contributed by atoms with Crippen LogP contribution in [0.5, 0.6) is 0 Å². The van der Waals surface area contributed by atoms with Gasteiger partial charge in [-0.2, -0.15) is 0 Å². The summed E-state index contributed by atoms with van der Waals surface area (Å²) < 4.78 is 5.45. The van der Waals surface area contributed by atoms with E-state index in [0.717, 1.165) is 64.2 Å². The Labute approximate surface area is 152 Å². The van der Waals surface area contributed by atoms with Gasteiger partial charge in [-0.15, -0.1) is 0 Å². The largest absolute Gasteiger partial charge is 0.379 e. The standard InChI is InChI=1S/C21H32N2O2/c1-4-17-15-18(5-6-20(17)16(2)3)21(24)23-9-7-19(8-10-23)22-11-13-25-14-12-22/h5-6,15-16,19H,4,7-14H2,1-3H3. The predicted molar refractivity (Wildman–Crippen MR) is 101 cm³/mol. The summed E-state index contributed by atoms with van der Waals surface area (Å²) in [5, 5.41) is 0. The molecule has 25 heavy (non-hydrogen) atoms. The Morgan fingerprint density at radius 2 is 1.84 bits per heavy atom. The van der Waals surface area contributed by atoms with E-state index >= 15 is 0 Å². The summed E-state index contributed by atoms with van der Waals surface area (Å²) in [5.74, 6) is 0.703. The van der Waals surface area contributed by atoms with Crippen molar-refractivity contribution in [1.29, 1.82) is 0 Å². The molecule has 0 aromatic heterocycles. The fourth-order valence-corrected chi connectivity index (χ4v) is 4.17. The minimum Gasteiger partial charge on any atom is -0.379 e. The fraction of sp³-hybridized carbons (Fsp3) is 0.667. The van der Waals surface area contributed by atoms with Gasteiger partial charge in [-0.3, -0.25) is 9.69 Å². The number of ether oxygens (including phenoxy) is 1. The second-order valence-corrected chi connectivity index (χ2v) is 7.59. The molecule has 4 nitrogen and oxygen atoms in total. The Morgan fingerprint density at radius 1 is 1.16 bits per heavy atom. The number of piperidine rings is 1. The van der Waals surface area contributed by atoms with Gasteiger partial charge in [0.2, 0.25) is 0 Å². The second kappa shape index (κ2) is 8.33. The molecule has 2 aliphatic rings. The van der Waals surface area contributed by atoms with E-state index in [1.165, 1.54) is 11.1 Å². The summed E-state index contributed by atoms with van der Waals surface area (Å²) in [6.45, 7) is 12.1. The van der Waals surface area contributed by atoms with Gasteiger partial charge in [0.25, 0.3) is 5.91 Å². The van der Waals surface area contributed by atoms with E-state index < -0.39 is 0 Å². The van der Waals surface area contributed by atoms with Crippen molar-refractivity contribution in [3.05, 3.63) is 34.9 Å². The zero-order valence-corrected chi connectivity index (χ0v) is 16.0. The van der Waals surface area contributed by atoms with Crippen LogP contribution in [0.3, 0.4) is 0 Å². The zero-order chi connectivity index (χ0) is 17.8. The summed E-state index contributed by atoms with van der Waals surface area (Å²) in [6.07, 6.45) is 3.14. The van der Waals surface area contributed by atoms with Crippen molar-refractivity contribution in [3.8, 4) is 0 Å². The highest BCUT2D eigenvalue weighted by Crippen LogP contribution is 2.24. The van der Waals surface area contributed by atoms with Crippen molar-refractivity contribution >= 4 is 5.91 Å². The molecule has 2 saturated heterocycles. The van der Waals surface area contributed by atoms with Gasteiger partial charge in [-0.1, -0.05) is 26.8 Å². The average Bonchev–Trinajstić information content (AvgIpc) is 2.67. The number of carbonyl (C=O) groups is 1. The smallest absolute Gasteiger partial charge is 0.253 e. The number of rotatable bonds is 4. The molecule has 0 N–H and O–H groups in total. The Bertz CT molecular complexity index is 586. The Balaban J connectivity index is 1.62. The summed E-state index contributed by atoms with van der Waals surface area (Å²) in [4.78, 5) is 17.5. The predicted octanol–water partition coefficient (Wildman–Crippen LogP) is 3.31. The minimum absolute atomic E-state index is 0.199. The van der Waals surface area contributed by atoms with Crippen LogP contribution in [-0.2, 0) is 11.2 Å². The maximum absolute atomic E-state index is 12.9. The molecule has 2 heterocycles. The first-order valence-corrected chi connectivity index (χ1v) is 9.84. The first kappa shape index (κ1) is 18.4. The van der Waals surface area contributed by atoms with E-state index in [9.17, 15) is 4.79 Å². The topological polar surface area (TPSA) is 32.8 Å². The number of amides is 1. The number of hydrogen-bond donors (Lipinski definition) is 0. The molecule has 0 radical (unpaired) electrons. The van der Waals surface area contributed by atoms with Gasteiger partial charge in [0.1, 0.15) is 0 Å². The van der Waals surface area contributed by atoms with Crippen LogP contribution in [-0.4, -0.2) is 61.1 Å². The lowest BCUT2D eigenvalue weighted by Crippen LogP contribution is -2.50. The molecule has 0 spiro atoms. The number of benzene rings is 1. The molecule has 2 fully saturated rings. The van der Waals surface area contributed by atoms with Crippen LogP contribution in [0.2, 0.25) is 0 Å². The third kappa shape index (κ3) is 4.24. The summed E-state index contributed by atoms with van der Waals surface area (Å²) >= 11 is 0. The van der Waals surface area contributed by atoms with Crippen LogP contribution < -0.4 is 0 Å². The van der Waals surface area contributed by atoms with E-state index in [1.807, 2.05) is 11.0 Å². The quantitative estimate of drug-likeness (QED) is 0.840. The third-order valence-corrected chi connectivity index (χ3v) is 5.71. The van der Waals surface area contributed by atoms with Gasteiger partial charge < -0.3 is 9.64 Å². The van der Waals surface area contributed by atoms with Crippen LogP contribution in [0.15, 0.2) is 18.2 Å². The lowest BCUT2D eigenvalue weighted by molar-refractivity contribution is 0.00159. The molecule has 1 aromatic rings. The van der Waals surface area contributed by atoms with Gasteiger partial charge in [0.15, 0.2) is 0 Å². The SMILES string of the molecule is CCc1cc(C(=O)N2CCC(N3CCOCC3)CC2)ccc1C(C)C. The van der Waals surface area contributed by atoms with Crippen molar-refractivity contribution in [1.82, 2.24) is 9.80 Å². The maximum atomic E-state index is 12.9. The maximum Gasteiger partial charge on any atom is 0.253 e. The average molecular weight is 344 g/mol. The lowest BCUT2D eigenvalue weighted by Gasteiger charge is -2.40. The van der Waals surface area contributed by atoms with Crippen LogP contribution in [0.1, 0.15) is 61.0 Å². The number of carbonyl (C=O) groups excluding carboxylic acids is 1. The molecular weight excluding hydrogens is 312 g/mol. The van der Waals surface area contributed by atoms with Gasteiger partial charge in [0.05, 0.1) is 13.2 Å². The summed E-state index contributed by atoms with van der Waals surface area (Å²) in [6, 6.07) is 6.90. The fourth-order valence-electron chi connectivity index (χ4n) is 4.17. The number of nitrogens with zero attached hydrogens (tertiary/aromatic N) is 2. The van der Waals surface area contributed by atoms with E-state index in [4.69, 9.17) is 4.74 Å². The molecule has 1 amide bonds. The monoisotopic (exact) mass is 344 g/mol. The number of aryl methyl sites for hydroxylation is 1. The Kier molecular flexibility index (Phi) is 6.13. The third-order valence-electron chi connectivity index (χ3n) is 5.71. The van der Waals surface area contributed by atoms with Crippen molar-refractivity contribution in [2.45, 2.75) is 52.0 Å². The molecular formula is C21H32N2O2. The van der Waals surface area contributed by atoms with Gasteiger partial charge in [0, 0.05) is 37.8 Å². The Hall–Kier alpha value is -1.39. The number of morpholine rings is 1. The van der Waals surface area contributed by atoms with E-state index in [0.29, 0.717) is 12.0 Å². The highest BCUT2D eigenvalue weighted by molar-refractivity contribution is 5.94. The number of hydrogen-bond acceptors (Lipinski definition) is 3. The summed E-state index contributed by atoms with van der Waals surface area (Å²) in [5.41, 5.74) is 3.53. The lowest BCUT2D eigenvalue weighted by atomic mass is 9.93. The first-order chi connectivity index (χ1) is 12.1. The first-order valence-electron chi connectivity index (χ1n) is 9.84. The van der Waals surface area contributed by atoms with Crippen molar-refractivity contribution in [2.24, 2.45) is 0 Å². The van der Waals surface area contributed by atoms with Crippen molar-refractivity contribution < 1.29 is 9.53 Å². The van der Waals surface area contributed by atoms with Gasteiger partial charge in [-0.25, -0.2) is 0 Å². The molecule has 3 rings (SSSR count). The highest BCUT2D eigenvalue weighted by Gasteiger charge is 2.28. The molecule has 0 saturated carbocycles. The molecule has 1 aromatic carbocycles. The molecule has 138 valence electrons. The van der Waals surface area contributed by atoms with Gasteiger partial charge >= 0.3 is 0 Å². The molecule has 2 aliphatic heterocycles. The molecule has 0 aliphatic carbocycles. The normalized spacial score (nSPS) is 20.2. The van der Waals surface area contributed by atoms with Crippen molar-refractivity contribution in [2.75, 3.05) is 39.4 Å².